The summed E-state index contributed by atoms with van der Waals surface area (Å²) in [5.74, 6) is 1.25. The van der Waals surface area contributed by atoms with Gasteiger partial charge < -0.3 is 9.88 Å². The van der Waals surface area contributed by atoms with Gasteiger partial charge in [0.2, 0.25) is 0 Å². The van der Waals surface area contributed by atoms with E-state index in [1.54, 1.807) is 0 Å². The molecule has 6 heteroatoms. The van der Waals surface area contributed by atoms with Gasteiger partial charge in [-0.3, -0.25) is 9.89 Å². The Morgan fingerprint density at radius 2 is 2.19 bits per heavy atom. The van der Waals surface area contributed by atoms with Gasteiger partial charge in [-0.2, -0.15) is 5.10 Å². The molecule has 1 amide bonds. The maximum atomic E-state index is 13.0. The molecular formula is C20H25N5O. The van der Waals surface area contributed by atoms with Crippen LogP contribution < -0.4 is 0 Å². The highest BCUT2D eigenvalue weighted by molar-refractivity contribution is 5.94. The predicted octanol–water partition coefficient (Wildman–Crippen LogP) is 3.49. The van der Waals surface area contributed by atoms with Crippen molar-refractivity contribution in [1.29, 1.82) is 0 Å². The highest BCUT2D eigenvalue weighted by atomic mass is 16.2. The van der Waals surface area contributed by atoms with Crippen molar-refractivity contribution in [3.63, 3.8) is 0 Å². The molecule has 0 saturated carbocycles. The van der Waals surface area contributed by atoms with Crippen LogP contribution in [0.2, 0.25) is 0 Å². The minimum absolute atomic E-state index is 0.0236. The number of piperidine rings is 1. The number of aromatic nitrogens is 4. The second kappa shape index (κ2) is 6.59. The Bertz CT molecular complexity index is 954. The van der Waals surface area contributed by atoms with Crippen LogP contribution in [0.4, 0.5) is 0 Å². The van der Waals surface area contributed by atoms with Crippen molar-refractivity contribution in [2.75, 3.05) is 13.1 Å². The molecule has 0 aliphatic carbocycles. The van der Waals surface area contributed by atoms with Crippen molar-refractivity contribution in [3.8, 4) is 0 Å². The average Bonchev–Trinajstić information content (AvgIpc) is 3.25. The molecule has 1 aromatic carbocycles. The number of amides is 1. The summed E-state index contributed by atoms with van der Waals surface area (Å²) in [6.07, 6.45) is 2.88. The molecule has 1 unspecified atom stereocenters. The molecular weight excluding hydrogens is 326 g/mol. The number of aryl methyl sites for hydroxylation is 2. The molecule has 3 heterocycles. The number of carbonyl (C=O) groups excluding carboxylic acids is 1. The van der Waals surface area contributed by atoms with Gasteiger partial charge in [0.25, 0.3) is 5.91 Å². The molecule has 136 valence electrons. The van der Waals surface area contributed by atoms with E-state index in [4.69, 9.17) is 4.98 Å². The van der Waals surface area contributed by atoms with Crippen molar-refractivity contribution in [2.24, 2.45) is 0 Å². The summed E-state index contributed by atoms with van der Waals surface area (Å²) in [6, 6.07) is 6.18. The number of para-hydroxylation sites is 1. The number of rotatable bonds is 3. The van der Waals surface area contributed by atoms with Crippen LogP contribution >= 0.6 is 0 Å². The molecule has 2 aromatic heterocycles. The maximum absolute atomic E-state index is 13.0. The Balaban J connectivity index is 1.57. The number of fused-ring (bicyclic) bond motifs is 1. The molecule has 1 fully saturated rings. The van der Waals surface area contributed by atoms with Crippen LogP contribution in [0.25, 0.3) is 11.0 Å². The fourth-order valence-corrected chi connectivity index (χ4v) is 3.91. The molecule has 6 nitrogen and oxygen atoms in total. The highest BCUT2D eigenvalue weighted by Crippen LogP contribution is 2.28. The summed E-state index contributed by atoms with van der Waals surface area (Å²) in [5, 5.41) is 7.26. The van der Waals surface area contributed by atoms with E-state index in [0.29, 0.717) is 12.2 Å². The van der Waals surface area contributed by atoms with Crippen molar-refractivity contribution in [2.45, 2.75) is 46.0 Å². The molecule has 26 heavy (non-hydrogen) atoms. The Kier molecular flexibility index (Phi) is 4.26. The standard InChI is InChI=1S/C20H25N5O/c1-4-15-13(3)18(24-23-15)20(26)25-10-6-8-14(11-25)19-21-16-9-5-7-12(2)17(16)22-19/h5,7,9,14H,4,6,8,10-11H2,1-3H3,(H,21,22)(H,23,24). The number of hydrogen-bond donors (Lipinski definition) is 2. The topological polar surface area (TPSA) is 77.7 Å². The fraction of sp³-hybridized carbons (Fsp3) is 0.450. The van der Waals surface area contributed by atoms with Crippen LogP contribution in [-0.2, 0) is 6.42 Å². The molecule has 0 bridgehead atoms. The number of likely N-dealkylation sites (tertiary alicyclic amines) is 1. The summed E-state index contributed by atoms with van der Waals surface area (Å²) in [7, 11) is 0. The lowest BCUT2D eigenvalue weighted by Gasteiger charge is -2.31. The highest BCUT2D eigenvalue weighted by Gasteiger charge is 2.29. The monoisotopic (exact) mass is 351 g/mol. The third-order valence-electron chi connectivity index (χ3n) is 5.49. The van der Waals surface area contributed by atoms with Crippen molar-refractivity contribution < 1.29 is 4.79 Å². The normalized spacial score (nSPS) is 17.8. The summed E-state index contributed by atoms with van der Waals surface area (Å²) in [6.45, 7) is 7.58. The van der Waals surface area contributed by atoms with E-state index >= 15 is 0 Å². The first kappa shape index (κ1) is 16.8. The number of nitrogens with one attached hydrogen (secondary N) is 2. The molecule has 2 N–H and O–H groups in total. The first-order valence-electron chi connectivity index (χ1n) is 9.36. The van der Waals surface area contributed by atoms with Crippen LogP contribution in [-0.4, -0.2) is 44.1 Å². The number of hydrogen-bond acceptors (Lipinski definition) is 3. The minimum atomic E-state index is 0.0236. The predicted molar refractivity (Wildman–Crippen MR) is 101 cm³/mol. The average molecular weight is 351 g/mol. The Morgan fingerprint density at radius 3 is 2.92 bits per heavy atom. The van der Waals surface area contributed by atoms with E-state index in [9.17, 15) is 4.79 Å². The molecule has 1 aliphatic heterocycles. The van der Waals surface area contributed by atoms with Crippen LogP contribution in [0.15, 0.2) is 18.2 Å². The summed E-state index contributed by atoms with van der Waals surface area (Å²) < 4.78 is 0. The fourth-order valence-electron chi connectivity index (χ4n) is 3.91. The third-order valence-corrected chi connectivity index (χ3v) is 5.49. The molecule has 3 aromatic rings. The second-order valence-corrected chi connectivity index (χ2v) is 7.21. The Hall–Kier alpha value is -2.63. The van der Waals surface area contributed by atoms with Gasteiger partial charge in [-0.25, -0.2) is 4.98 Å². The number of aromatic amines is 2. The lowest BCUT2D eigenvalue weighted by molar-refractivity contribution is 0.0698. The zero-order valence-corrected chi connectivity index (χ0v) is 15.6. The molecule has 4 rings (SSSR count). The van der Waals surface area contributed by atoms with Gasteiger partial charge >= 0.3 is 0 Å². The van der Waals surface area contributed by atoms with Gasteiger partial charge in [-0.1, -0.05) is 19.1 Å². The zero-order valence-electron chi connectivity index (χ0n) is 15.6. The smallest absolute Gasteiger partial charge is 0.274 e. The van der Waals surface area contributed by atoms with Gasteiger partial charge in [0.1, 0.15) is 5.82 Å². The summed E-state index contributed by atoms with van der Waals surface area (Å²) in [5.41, 5.74) is 5.84. The van der Waals surface area contributed by atoms with Gasteiger partial charge in [-0.05, 0) is 44.7 Å². The lowest BCUT2D eigenvalue weighted by Crippen LogP contribution is -2.39. The molecule has 1 saturated heterocycles. The van der Waals surface area contributed by atoms with Crippen LogP contribution in [0.3, 0.4) is 0 Å². The molecule has 1 atom stereocenters. The number of nitrogens with zero attached hydrogens (tertiary/aromatic N) is 3. The number of imidazole rings is 1. The van der Waals surface area contributed by atoms with Gasteiger partial charge in [0, 0.05) is 30.3 Å². The van der Waals surface area contributed by atoms with Gasteiger partial charge in [0.15, 0.2) is 5.69 Å². The van der Waals surface area contributed by atoms with Crippen LogP contribution in [0.1, 0.15) is 58.8 Å². The number of benzene rings is 1. The van der Waals surface area contributed by atoms with E-state index < -0.39 is 0 Å². The van der Waals surface area contributed by atoms with Crippen LogP contribution in [0, 0.1) is 13.8 Å². The van der Waals surface area contributed by atoms with E-state index in [-0.39, 0.29) is 11.8 Å². The number of carbonyl (C=O) groups is 1. The van der Waals surface area contributed by atoms with E-state index in [1.807, 2.05) is 17.9 Å². The maximum Gasteiger partial charge on any atom is 0.274 e. The Labute approximate surface area is 153 Å². The first-order valence-corrected chi connectivity index (χ1v) is 9.36. The summed E-state index contributed by atoms with van der Waals surface area (Å²) in [4.78, 5) is 23.2. The SMILES string of the molecule is CCc1[nH]nc(C(=O)N2CCCC(c3nc4c(C)cccc4[nH]3)C2)c1C. The number of H-pyrrole nitrogens is 2. The quantitative estimate of drug-likeness (QED) is 0.758. The lowest BCUT2D eigenvalue weighted by atomic mass is 9.97. The minimum Gasteiger partial charge on any atom is -0.342 e. The second-order valence-electron chi connectivity index (χ2n) is 7.21. The van der Waals surface area contributed by atoms with E-state index in [1.165, 1.54) is 5.56 Å². The molecule has 0 radical (unpaired) electrons. The van der Waals surface area contributed by atoms with Crippen molar-refractivity contribution >= 4 is 16.9 Å². The van der Waals surface area contributed by atoms with Crippen molar-refractivity contribution in [3.05, 3.63) is 46.5 Å². The van der Waals surface area contributed by atoms with Crippen LogP contribution in [0.5, 0.6) is 0 Å². The summed E-state index contributed by atoms with van der Waals surface area (Å²) >= 11 is 0. The van der Waals surface area contributed by atoms with Gasteiger partial charge in [-0.15, -0.1) is 0 Å². The van der Waals surface area contributed by atoms with Crippen molar-refractivity contribution in [1.82, 2.24) is 25.1 Å². The van der Waals surface area contributed by atoms with E-state index in [0.717, 1.165) is 53.9 Å². The Morgan fingerprint density at radius 1 is 1.35 bits per heavy atom. The third kappa shape index (κ3) is 2.79. The first-order chi connectivity index (χ1) is 12.6. The largest absolute Gasteiger partial charge is 0.342 e. The molecule has 0 spiro atoms. The van der Waals surface area contributed by atoms with Gasteiger partial charge in [0.05, 0.1) is 11.0 Å². The van der Waals surface area contributed by atoms with E-state index in [2.05, 4.69) is 41.2 Å². The molecule has 1 aliphatic rings. The zero-order chi connectivity index (χ0) is 18.3.